The molecule has 76 valence electrons. The minimum Gasteiger partial charge on any atom is -0.229 e. The molecule has 0 aromatic heterocycles. The zero-order valence-corrected chi connectivity index (χ0v) is 8.68. The SMILES string of the molecule is CC(C)CCN(N=O)c1ccccc1. The van der Waals surface area contributed by atoms with Crippen molar-refractivity contribution in [2.45, 2.75) is 20.3 Å². The molecule has 1 aromatic rings. The molecule has 0 atom stereocenters. The summed E-state index contributed by atoms with van der Waals surface area (Å²) >= 11 is 0. The first-order valence-corrected chi connectivity index (χ1v) is 4.90. The Hall–Kier alpha value is -1.38. The molecule has 14 heavy (non-hydrogen) atoms. The van der Waals surface area contributed by atoms with Gasteiger partial charge in [-0.2, -0.15) is 0 Å². The van der Waals surface area contributed by atoms with E-state index in [0.29, 0.717) is 12.5 Å². The van der Waals surface area contributed by atoms with Crippen LogP contribution in [0.1, 0.15) is 20.3 Å². The topological polar surface area (TPSA) is 32.7 Å². The van der Waals surface area contributed by atoms with E-state index in [9.17, 15) is 4.91 Å². The van der Waals surface area contributed by atoms with Crippen molar-refractivity contribution in [1.82, 2.24) is 0 Å². The number of hydrogen-bond donors (Lipinski definition) is 0. The predicted molar refractivity (Wildman–Crippen MR) is 59.0 cm³/mol. The van der Waals surface area contributed by atoms with Crippen LogP contribution in [-0.4, -0.2) is 6.54 Å². The van der Waals surface area contributed by atoms with Crippen LogP contribution in [0, 0.1) is 10.8 Å². The Labute approximate surface area is 84.7 Å². The quantitative estimate of drug-likeness (QED) is 0.530. The maximum absolute atomic E-state index is 10.6. The van der Waals surface area contributed by atoms with Crippen LogP contribution in [0.3, 0.4) is 0 Å². The Balaban J connectivity index is 2.59. The lowest BCUT2D eigenvalue weighted by Crippen LogP contribution is -2.18. The van der Waals surface area contributed by atoms with Crippen LogP contribution in [-0.2, 0) is 0 Å². The number of benzene rings is 1. The van der Waals surface area contributed by atoms with E-state index in [-0.39, 0.29) is 0 Å². The van der Waals surface area contributed by atoms with Crippen LogP contribution in [0.25, 0.3) is 0 Å². The lowest BCUT2D eigenvalue weighted by Gasteiger charge is -2.15. The highest BCUT2D eigenvalue weighted by atomic mass is 16.3. The van der Waals surface area contributed by atoms with Crippen LogP contribution < -0.4 is 5.01 Å². The first-order valence-electron chi connectivity index (χ1n) is 4.90. The number of nitrogens with zero attached hydrogens (tertiary/aromatic N) is 2. The summed E-state index contributed by atoms with van der Waals surface area (Å²) < 4.78 is 0. The second-order valence-electron chi connectivity index (χ2n) is 3.72. The molecule has 0 aliphatic rings. The molecule has 0 radical (unpaired) electrons. The van der Waals surface area contributed by atoms with Gasteiger partial charge in [-0.25, -0.2) is 5.01 Å². The normalized spacial score (nSPS) is 10.2. The molecule has 0 saturated heterocycles. The lowest BCUT2D eigenvalue weighted by molar-refractivity contribution is 0.577. The van der Waals surface area contributed by atoms with E-state index in [2.05, 4.69) is 19.1 Å². The minimum absolute atomic E-state index is 0.586. The second-order valence-corrected chi connectivity index (χ2v) is 3.72. The fourth-order valence-electron chi connectivity index (χ4n) is 1.20. The van der Waals surface area contributed by atoms with E-state index in [1.807, 2.05) is 30.3 Å². The Morgan fingerprint density at radius 3 is 2.43 bits per heavy atom. The van der Waals surface area contributed by atoms with Crippen molar-refractivity contribution >= 4 is 5.69 Å². The van der Waals surface area contributed by atoms with Crippen LogP contribution in [0.2, 0.25) is 0 Å². The van der Waals surface area contributed by atoms with Gasteiger partial charge in [0.25, 0.3) is 0 Å². The number of nitroso groups, excluding NO2 is 1. The molecule has 3 heteroatoms. The average Bonchev–Trinajstić information content (AvgIpc) is 2.20. The number of rotatable bonds is 5. The maximum Gasteiger partial charge on any atom is 0.0626 e. The van der Waals surface area contributed by atoms with E-state index in [1.54, 1.807) is 0 Å². The molecule has 0 unspecified atom stereocenters. The van der Waals surface area contributed by atoms with Crippen molar-refractivity contribution in [3.05, 3.63) is 35.2 Å². The molecule has 0 fully saturated rings. The van der Waals surface area contributed by atoms with Gasteiger partial charge < -0.3 is 0 Å². The van der Waals surface area contributed by atoms with Crippen molar-refractivity contribution in [3.8, 4) is 0 Å². The van der Waals surface area contributed by atoms with Gasteiger partial charge in [0, 0.05) is 6.54 Å². The summed E-state index contributed by atoms with van der Waals surface area (Å²) in [5.41, 5.74) is 0.864. The molecule has 0 amide bonds. The summed E-state index contributed by atoms with van der Waals surface area (Å²) in [7, 11) is 0. The summed E-state index contributed by atoms with van der Waals surface area (Å²) in [4.78, 5) is 10.6. The molecule has 1 rings (SSSR count). The standard InChI is InChI=1S/C11H16N2O/c1-10(2)8-9-13(12-14)11-6-4-3-5-7-11/h3-7,10H,8-9H2,1-2H3. The summed E-state index contributed by atoms with van der Waals surface area (Å²) in [5, 5.41) is 4.51. The fourth-order valence-corrected chi connectivity index (χ4v) is 1.20. The predicted octanol–water partition coefficient (Wildman–Crippen LogP) is 3.22. The molecule has 0 bridgehead atoms. The van der Waals surface area contributed by atoms with Crippen molar-refractivity contribution in [3.63, 3.8) is 0 Å². The highest BCUT2D eigenvalue weighted by Crippen LogP contribution is 2.14. The lowest BCUT2D eigenvalue weighted by atomic mass is 10.1. The Morgan fingerprint density at radius 1 is 1.29 bits per heavy atom. The van der Waals surface area contributed by atoms with Gasteiger partial charge in [0.15, 0.2) is 0 Å². The molecule has 0 aliphatic heterocycles. The Kier molecular flexibility index (Phi) is 4.11. The molecule has 1 aromatic carbocycles. The first kappa shape index (κ1) is 10.7. The third kappa shape index (κ3) is 3.17. The van der Waals surface area contributed by atoms with Crippen molar-refractivity contribution in [2.75, 3.05) is 11.6 Å². The highest BCUT2D eigenvalue weighted by molar-refractivity contribution is 5.44. The Bertz CT molecular complexity index is 272. The van der Waals surface area contributed by atoms with E-state index in [1.165, 1.54) is 5.01 Å². The van der Waals surface area contributed by atoms with Gasteiger partial charge in [0.2, 0.25) is 0 Å². The third-order valence-corrected chi connectivity index (χ3v) is 2.07. The van der Waals surface area contributed by atoms with Gasteiger partial charge in [0.1, 0.15) is 0 Å². The van der Waals surface area contributed by atoms with Crippen LogP contribution in [0.5, 0.6) is 0 Å². The zero-order valence-electron chi connectivity index (χ0n) is 8.68. The minimum atomic E-state index is 0.586. The van der Waals surface area contributed by atoms with Crippen LogP contribution in [0.4, 0.5) is 5.69 Å². The maximum atomic E-state index is 10.6. The summed E-state index contributed by atoms with van der Waals surface area (Å²) in [6.07, 6.45) is 0.973. The first-order chi connectivity index (χ1) is 6.74. The van der Waals surface area contributed by atoms with Crippen molar-refractivity contribution in [2.24, 2.45) is 11.2 Å². The fraction of sp³-hybridized carbons (Fsp3) is 0.455. The van der Waals surface area contributed by atoms with Gasteiger partial charge in [0.05, 0.1) is 11.0 Å². The monoisotopic (exact) mass is 192 g/mol. The van der Waals surface area contributed by atoms with E-state index in [4.69, 9.17) is 0 Å². The van der Waals surface area contributed by atoms with E-state index in [0.717, 1.165) is 12.1 Å². The summed E-state index contributed by atoms with van der Waals surface area (Å²) in [6, 6.07) is 9.52. The van der Waals surface area contributed by atoms with Gasteiger partial charge in [-0.3, -0.25) is 0 Å². The molecule has 0 heterocycles. The number of para-hydroxylation sites is 1. The van der Waals surface area contributed by atoms with E-state index < -0.39 is 0 Å². The molecule has 0 saturated carbocycles. The van der Waals surface area contributed by atoms with Crippen LogP contribution in [0.15, 0.2) is 35.6 Å². The van der Waals surface area contributed by atoms with Gasteiger partial charge in [-0.1, -0.05) is 32.0 Å². The van der Waals surface area contributed by atoms with E-state index >= 15 is 0 Å². The van der Waals surface area contributed by atoms with Gasteiger partial charge in [-0.15, -0.1) is 4.91 Å². The number of hydrogen-bond acceptors (Lipinski definition) is 2. The Morgan fingerprint density at radius 2 is 1.93 bits per heavy atom. The van der Waals surface area contributed by atoms with Crippen molar-refractivity contribution < 1.29 is 0 Å². The van der Waals surface area contributed by atoms with Crippen LogP contribution >= 0.6 is 0 Å². The molecular weight excluding hydrogens is 176 g/mol. The van der Waals surface area contributed by atoms with Gasteiger partial charge >= 0.3 is 0 Å². The zero-order chi connectivity index (χ0) is 10.4. The van der Waals surface area contributed by atoms with Crippen molar-refractivity contribution in [1.29, 1.82) is 0 Å². The molecule has 0 N–H and O–H groups in total. The molecule has 0 spiro atoms. The van der Waals surface area contributed by atoms with Gasteiger partial charge in [-0.05, 0) is 24.5 Å². The molecular formula is C11H16N2O. The highest BCUT2D eigenvalue weighted by Gasteiger charge is 2.06. The molecule has 0 aliphatic carbocycles. The average molecular weight is 192 g/mol. The summed E-state index contributed by atoms with van der Waals surface area (Å²) in [6.45, 7) is 4.95. The largest absolute Gasteiger partial charge is 0.229 e. The second kappa shape index (κ2) is 5.37. The smallest absolute Gasteiger partial charge is 0.0626 e. The molecule has 3 nitrogen and oxygen atoms in total. The third-order valence-electron chi connectivity index (χ3n) is 2.07. The number of anilines is 1. The summed E-state index contributed by atoms with van der Waals surface area (Å²) in [5.74, 6) is 0.586.